The fourth-order valence-electron chi connectivity index (χ4n) is 1.20. The molecule has 0 aliphatic carbocycles. The lowest BCUT2D eigenvalue weighted by atomic mass is 10.1. The predicted molar refractivity (Wildman–Crippen MR) is 56.1 cm³/mol. The Balaban J connectivity index is 4.18. The maximum absolute atomic E-state index is 11.3. The van der Waals surface area contributed by atoms with E-state index in [4.69, 9.17) is 4.74 Å². The van der Waals surface area contributed by atoms with E-state index in [0.717, 1.165) is 19.3 Å². The minimum atomic E-state index is -0.386. The number of ether oxygens (including phenoxy) is 1. The van der Waals surface area contributed by atoms with Crippen LogP contribution in [0.4, 0.5) is 0 Å². The van der Waals surface area contributed by atoms with Crippen LogP contribution in [-0.4, -0.2) is 17.7 Å². The van der Waals surface area contributed by atoms with Crippen LogP contribution >= 0.6 is 0 Å². The Kier molecular flexibility index (Phi) is 6.89. The van der Waals surface area contributed by atoms with Gasteiger partial charge in [0, 0.05) is 0 Å². The maximum Gasteiger partial charge on any atom is 0.337 e. The number of hydrogen-bond donors (Lipinski definition) is 1. The molecule has 0 aliphatic heterocycles. The number of carbonyl (C=O) groups is 1. The van der Waals surface area contributed by atoms with Crippen LogP contribution < -0.4 is 0 Å². The van der Waals surface area contributed by atoms with Crippen molar-refractivity contribution in [2.24, 2.45) is 0 Å². The molecule has 0 atom stereocenters. The number of esters is 1. The monoisotopic (exact) mass is 200 g/mol. The Morgan fingerprint density at radius 1 is 1.29 bits per heavy atom. The van der Waals surface area contributed by atoms with E-state index in [1.165, 1.54) is 6.92 Å². The lowest BCUT2D eigenvalue weighted by Crippen LogP contribution is -2.09. The molecule has 0 saturated heterocycles. The number of unbranched alkanes of at least 4 members (excludes halogenated alkanes) is 2. The summed E-state index contributed by atoms with van der Waals surface area (Å²) in [6, 6.07) is 0. The highest BCUT2D eigenvalue weighted by atomic mass is 16.5. The molecule has 0 radical (unpaired) electrons. The van der Waals surface area contributed by atoms with Crippen molar-refractivity contribution in [3.8, 4) is 0 Å². The molecule has 3 nitrogen and oxygen atoms in total. The summed E-state index contributed by atoms with van der Waals surface area (Å²) >= 11 is 0. The van der Waals surface area contributed by atoms with Crippen molar-refractivity contribution in [2.75, 3.05) is 6.61 Å². The van der Waals surface area contributed by atoms with Gasteiger partial charge in [0.05, 0.1) is 17.9 Å². The van der Waals surface area contributed by atoms with Crippen LogP contribution in [0, 0.1) is 0 Å². The molecule has 0 amide bonds. The summed E-state index contributed by atoms with van der Waals surface area (Å²) in [7, 11) is 0. The first-order valence-electron chi connectivity index (χ1n) is 5.19. The first kappa shape index (κ1) is 13.0. The normalized spacial score (nSPS) is 12.2. The molecule has 0 aromatic carbocycles. The molecule has 0 fully saturated rings. The van der Waals surface area contributed by atoms with Gasteiger partial charge in [-0.15, -0.1) is 0 Å². The number of aliphatic hydroxyl groups excluding tert-OH is 1. The van der Waals surface area contributed by atoms with Crippen LogP contribution in [0.15, 0.2) is 11.3 Å². The summed E-state index contributed by atoms with van der Waals surface area (Å²) < 4.78 is 4.84. The molecule has 14 heavy (non-hydrogen) atoms. The Bertz CT molecular complexity index is 203. The number of hydrogen-bond acceptors (Lipinski definition) is 3. The van der Waals surface area contributed by atoms with Gasteiger partial charge in [-0.05, 0) is 26.7 Å². The average molecular weight is 200 g/mol. The van der Waals surface area contributed by atoms with Crippen LogP contribution in [0.2, 0.25) is 0 Å². The van der Waals surface area contributed by atoms with E-state index >= 15 is 0 Å². The molecule has 0 heterocycles. The van der Waals surface area contributed by atoms with Gasteiger partial charge in [0.15, 0.2) is 0 Å². The summed E-state index contributed by atoms with van der Waals surface area (Å²) in [6.45, 7) is 5.73. The summed E-state index contributed by atoms with van der Waals surface area (Å²) in [5.74, 6) is -0.303. The third-order valence-electron chi connectivity index (χ3n) is 1.99. The van der Waals surface area contributed by atoms with E-state index in [2.05, 4.69) is 6.92 Å². The topological polar surface area (TPSA) is 46.5 Å². The quantitative estimate of drug-likeness (QED) is 0.310. The molecule has 0 saturated carbocycles. The molecule has 1 N–H and O–H groups in total. The summed E-state index contributed by atoms with van der Waals surface area (Å²) in [5, 5.41) is 9.29. The van der Waals surface area contributed by atoms with Gasteiger partial charge >= 0.3 is 5.97 Å². The molecule has 0 unspecified atom stereocenters. The van der Waals surface area contributed by atoms with E-state index in [9.17, 15) is 9.90 Å². The zero-order valence-corrected chi connectivity index (χ0v) is 9.30. The number of allylic oxidation sites excluding steroid dienone is 1. The zero-order valence-electron chi connectivity index (χ0n) is 9.30. The lowest BCUT2D eigenvalue weighted by molar-refractivity contribution is -0.138. The van der Waals surface area contributed by atoms with Crippen molar-refractivity contribution in [2.45, 2.75) is 46.5 Å². The van der Waals surface area contributed by atoms with Gasteiger partial charge in [0.25, 0.3) is 0 Å². The Hall–Kier alpha value is -0.990. The lowest BCUT2D eigenvalue weighted by Gasteiger charge is -2.07. The number of rotatable bonds is 6. The van der Waals surface area contributed by atoms with Crippen LogP contribution in [-0.2, 0) is 9.53 Å². The van der Waals surface area contributed by atoms with E-state index in [1.54, 1.807) is 6.92 Å². The van der Waals surface area contributed by atoms with Crippen molar-refractivity contribution in [3.05, 3.63) is 11.3 Å². The Morgan fingerprint density at radius 3 is 2.36 bits per heavy atom. The molecular weight excluding hydrogens is 180 g/mol. The first-order valence-corrected chi connectivity index (χ1v) is 5.19. The molecule has 3 heteroatoms. The van der Waals surface area contributed by atoms with Crippen LogP contribution in [0.5, 0.6) is 0 Å². The number of carbonyl (C=O) groups excluding carboxylic acids is 1. The maximum atomic E-state index is 11.3. The molecule has 0 aromatic heterocycles. The van der Waals surface area contributed by atoms with Gasteiger partial charge < -0.3 is 9.84 Å². The van der Waals surface area contributed by atoms with Crippen molar-refractivity contribution >= 4 is 5.97 Å². The first-order chi connectivity index (χ1) is 6.63. The molecule has 0 aromatic rings. The molecule has 0 spiro atoms. The smallest absolute Gasteiger partial charge is 0.337 e. The second-order valence-corrected chi connectivity index (χ2v) is 3.24. The molecule has 0 bridgehead atoms. The van der Waals surface area contributed by atoms with Crippen molar-refractivity contribution < 1.29 is 14.6 Å². The van der Waals surface area contributed by atoms with E-state index in [-0.39, 0.29) is 11.7 Å². The molecular formula is C11H20O3. The van der Waals surface area contributed by atoms with Gasteiger partial charge in [-0.25, -0.2) is 4.79 Å². The fraction of sp³-hybridized carbons (Fsp3) is 0.727. The third-order valence-corrected chi connectivity index (χ3v) is 1.99. The molecule has 0 aliphatic rings. The largest absolute Gasteiger partial charge is 0.512 e. The van der Waals surface area contributed by atoms with E-state index in [0.29, 0.717) is 18.6 Å². The van der Waals surface area contributed by atoms with E-state index < -0.39 is 0 Å². The highest BCUT2D eigenvalue weighted by Gasteiger charge is 2.13. The van der Waals surface area contributed by atoms with Gasteiger partial charge in [-0.3, -0.25) is 0 Å². The van der Waals surface area contributed by atoms with Gasteiger partial charge in [0.1, 0.15) is 0 Å². The highest BCUT2D eigenvalue weighted by molar-refractivity contribution is 5.88. The third kappa shape index (κ3) is 4.90. The van der Waals surface area contributed by atoms with Gasteiger partial charge in [-0.2, -0.15) is 0 Å². The molecule has 82 valence electrons. The van der Waals surface area contributed by atoms with Crippen molar-refractivity contribution in [1.29, 1.82) is 0 Å². The zero-order chi connectivity index (χ0) is 11.0. The highest BCUT2D eigenvalue weighted by Crippen LogP contribution is 2.13. The van der Waals surface area contributed by atoms with Crippen LogP contribution in [0.3, 0.4) is 0 Å². The van der Waals surface area contributed by atoms with E-state index in [1.807, 2.05) is 0 Å². The summed E-state index contributed by atoms with van der Waals surface area (Å²) in [4.78, 5) is 11.3. The Morgan fingerprint density at radius 2 is 1.93 bits per heavy atom. The van der Waals surface area contributed by atoms with Crippen molar-refractivity contribution in [1.82, 2.24) is 0 Å². The predicted octanol–water partition coefficient (Wildman–Crippen LogP) is 2.96. The number of aliphatic hydroxyl groups is 1. The molecule has 0 rings (SSSR count). The summed E-state index contributed by atoms with van der Waals surface area (Å²) in [5.41, 5.74) is 0.417. The standard InChI is InChI=1S/C11H20O3/c1-4-6-7-8-10(9(3)12)11(13)14-5-2/h12H,4-8H2,1-3H3. The SMILES string of the molecule is CCCCCC(C(=O)OCC)=C(C)O. The minimum Gasteiger partial charge on any atom is -0.512 e. The minimum absolute atomic E-state index is 0.0829. The van der Waals surface area contributed by atoms with Crippen molar-refractivity contribution in [3.63, 3.8) is 0 Å². The second kappa shape index (κ2) is 7.42. The average Bonchev–Trinajstić information content (AvgIpc) is 2.12. The fourth-order valence-corrected chi connectivity index (χ4v) is 1.20. The second-order valence-electron chi connectivity index (χ2n) is 3.24. The Labute approximate surface area is 85.8 Å². The van der Waals surface area contributed by atoms with Gasteiger partial charge in [-0.1, -0.05) is 19.8 Å². The summed E-state index contributed by atoms with van der Waals surface area (Å²) in [6.07, 6.45) is 3.69. The van der Waals surface area contributed by atoms with Gasteiger partial charge in [0.2, 0.25) is 0 Å². The van der Waals surface area contributed by atoms with Crippen LogP contribution in [0.25, 0.3) is 0 Å². The van der Waals surface area contributed by atoms with Crippen LogP contribution in [0.1, 0.15) is 46.5 Å².